The van der Waals surface area contributed by atoms with Crippen LogP contribution in [0.4, 0.5) is 4.79 Å². The lowest BCUT2D eigenvalue weighted by molar-refractivity contribution is 0.216. The number of pyridine rings is 1. The van der Waals surface area contributed by atoms with Gasteiger partial charge in [-0.15, -0.1) is 0 Å². The molecule has 1 aromatic heterocycles. The molecule has 0 bridgehead atoms. The van der Waals surface area contributed by atoms with E-state index in [9.17, 15) is 4.79 Å². The molecule has 2 rings (SSSR count). The number of rotatable bonds is 4. The number of amides is 2. The van der Waals surface area contributed by atoms with Gasteiger partial charge in [-0.1, -0.05) is 0 Å². The van der Waals surface area contributed by atoms with Crippen molar-refractivity contribution in [2.45, 2.75) is 25.4 Å². The number of hydrogen-bond acceptors (Lipinski definition) is 3. The van der Waals surface area contributed by atoms with Crippen molar-refractivity contribution in [1.29, 1.82) is 0 Å². The summed E-state index contributed by atoms with van der Waals surface area (Å²) in [5.74, 6) is 0. The highest BCUT2D eigenvalue weighted by Gasteiger charge is 2.29. The average molecular weight is 234 g/mol. The second-order valence-electron chi connectivity index (χ2n) is 4.49. The van der Waals surface area contributed by atoms with Crippen molar-refractivity contribution in [3.05, 3.63) is 30.1 Å². The molecule has 5 heteroatoms. The fourth-order valence-corrected chi connectivity index (χ4v) is 1.93. The number of nitrogens with two attached hydrogens (primary N) is 1. The van der Waals surface area contributed by atoms with E-state index in [-0.39, 0.29) is 18.1 Å². The molecular weight excluding hydrogens is 216 g/mol. The predicted molar refractivity (Wildman–Crippen MR) is 65.3 cm³/mol. The van der Waals surface area contributed by atoms with Gasteiger partial charge in [0.25, 0.3) is 0 Å². The SMILES string of the molecule is CC(N)CCN1CC(c2ccncc2)NC1=O. The number of nitrogens with zero attached hydrogens (tertiary/aromatic N) is 2. The normalized spacial score (nSPS) is 21.4. The van der Waals surface area contributed by atoms with E-state index in [4.69, 9.17) is 5.73 Å². The van der Waals surface area contributed by atoms with E-state index in [0.717, 1.165) is 12.0 Å². The van der Waals surface area contributed by atoms with E-state index in [1.165, 1.54) is 0 Å². The van der Waals surface area contributed by atoms with Crippen molar-refractivity contribution in [2.75, 3.05) is 13.1 Å². The summed E-state index contributed by atoms with van der Waals surface area (Å²) in [4.78, 5) is 17.5. The van der Waals surface area contributed by atoms with Crippen LogP contribution in [0.5, 0.6) is 0 Å². The Morgan fingerprint density at radius 1 is 1.59 bits per heavy atom. The first-order chi connectivity index (χ1) is 8.16. The maximum Gasteiger partial charge on any atom is 0.318 e. The zero-order chi connectivity index (χ0) is 12.3. The third kappa shape index (κ3) is 2.94. The van der Waals surface area contributed by atoms with Crippen molar-refractivity contribution in [1.82, 2.24) is 15.2 Å². The van der Waals surface area contributed by atoms with Gasteiger partial charge in [-0.05, 0) is 31.0 Å². The van der Waals surface area contributed by atoms with Gasteiger partial charge in [-0.3, -0.25) is 4.98 Å². The van der Waals surface area contributed by atoms with Gasteiger partial charge < -0.3 is 16.0 Å². The molecule has 3 N–H and O–H groups in total. The minimum atomic E-state index is -0.00698. The summed E-state index contributed by atoms with van der Waals surface area (Å²) in [5.41, 5.74) is 6.79. The van der Waals surface area contributed by atoms with Crippen molar-refractivity contribution in [3.8, 4) is 0 Å². The minimum Gasteiger partial charge on any atom is -0.329 e. The summed E-state index contributed by atoms with van der Waals surface area (Å²) in [6, 6.07) is 4.05. The first-order valence-corrected chi connectivity index (χ1v) is 5.88. The van der Waals surface area contributed by atoms with Crippen LogP contribution >= 0.6 is 0 Å². The molecule has 5 nitrogen and oxygen atoms in total. The third-order valence-corrected chi connectivity index (χ3v) is 2.95. The Morgan fingerprint density at radius 2 is 2.29 bits per heavy atom. The Bertz CT molecular complexity index is 379. The van der Waals surface area contributed by atoms with Gasteiger partial charge in [-0.25, -0.2) is 4.79 Å². The zero-order valence-electron chi connectivity index (χ0n) is 9.97. The molecular formula is C12H18N4O. The van der Waals surface area contributed by atoms with Gasteiger partial charge in [0.05, 0.1) is 6.04 Å². The van der Waals surface area contributed by atoms with Crippen LogP contribution < -0.4 is 11.1 Å². The molecule has 0 radical (unpaired) electrons. The van der Waals surface area contributed by atoms with Crippen molar-refractivity contribution >= 4 is 6.03 Å². The Morgan fingerprint density at radius 3 is 2.94 bits per heavy atom. The summed E-state index contributed by atoms with van der Waals surface area (Å²) >= 11 is 0. The van der Waals surface area contributed by atoms with Crippen LogP contribution in [0.2, 0.25) is 0 Å². The van der Waals surface area contributed by atoms with Gasteiger partial charge in [0.1, 0.15) is 0 Å². The maximum absolute atomic E-state index is 11.7. The highest BCUT2D eigenvalue weighted by Crippen LogP contribution is 2.19. The van der Waals surface area contributed by atoms with Crippen LogP contribution in [-0.4, -0.2) is 35.0 Å². The van der Waals surface area contributed by atoms with Crippen molar-refractivity contribution < 1.29 is 4.79 Å². The van der Waals surface area contributed by atoms with Crippen LogP contribution in [0.3, 0.4) is 0 Å². The Hall–Kier alpha value is -1.62. The highest BCUT2D eigenvalue weighted by molar-refractivity contribution is 5.77. The molecule has 1 aliphatic heterocycles. The van der Waals surface area contributed by atoms with Crippen LogP contribution in [0, 0.1) is 0 Å². The number of carbonyl (C=O) groups excluding carboxylic acids is 1. The first-order valence-electron chi connectivity index (χ1n) is 5.88. The second kappa shape index (κ2) is 5.14. The lowest BCUT2D eigenvalue weighted by Gasteiger charge is -2.15. The number of carbonyl (C=O) groups is 1. The standard InChI is InChI=1S/C12H18N4O/c1-9(13)4-7-16-8-11(15-12(16)17)10-2-5-14-6-3-10/h2-3,5-6,9,11H,4,7-8,13H2,1H3,(H,15,17). The molecule has 0 spiro atoms. The monoisotopic (exact) mass is 234 g/mol. The quantitative estimate of drug-likeness (QED) is 0.812. The molecule has 0 saturated carbocycles. The fraction of sp³-hybridized carbons (Fsp3) is 0.500. The van der Waals surface area contributed by atoms with E-state index in [0.29, 0.717) is 13.1 Å². The van der Waals surface area contributed by atoms with Crippen LogP contribution in [-0.2, 0) is 0 Å². The molecule has 2 unspecified atom stereocenters. The molecule has 2 atom stereocenters. The Labute approximate surface area is 101 Å². The van der Waals surface area contributed by atoms with Crippen LogP contribution in [0.1, 0.15) is 24.9 Å². The molecule has 2 heterocycles. The van der Waals surface area contributed by atoms with E-state index in [2.05, 4.69) is 10.3 Å². The van der Waals surface area contributed by atoms with Gasteiger partial charge in [-0.2, -0.15) is 0 Å². The lowest BCUT2D eigenvalue weighted by atomic mass is 10.1. The number of nitrogens with one attached hydrogen (secondary N) is 1. The molecule has 1 fully saturated rings. The summed E-state index contributed by atoms with van der Waals surface area (Å²) in [7, 11) is 0. The molecule has 2 amide bonds. The second-order valence-corrected chi connectivity index (χ2v) is 4.49. The summed E-state index contributed by atoms with van der Waals surface area (Å²) in [6.45, 7) is 3.37. The van der Waals surface area contributed by atoms with Crippen LogP contribution in [0.15, 0.2) is 24.5 Å². The summed E-state index contributed by atoms with van der Waals surface area (Å²) in [6.07, 6.45) is 4.31. The van der Waals surface area contributed by atoms with Gasteiger partial charge in [0.2, 0.25) is 0 Å². The summed E-state index contributed by atoms with van der Waals surface area (Å²) in [5, 5.41) is 2.96. The molecule has 92 valence electrons. The van der Waals surface area contributed by atoms with Crippen LogP contribution in [0.25, 0.3) is 0 Å². The van der Waals surface area contributed by atoms with Gasteiger partial charge >= 0.3 is 6.03 Å². The van der Waals surface area contributed by atoms with E-state index < -0.39 is 0 Å². The topological polar surface area (TPSA) is 71.2 Å². The Balaban J connectivity index is 1.95. The molecule has 0 aliphatic carbocycles. The lowest BCUT2D eigenvalue weighted by Crippen LogP contribution is -2.32. The minimum absolute atomic E-state index is 0.00698. The maximum atomic E-state index is 11.7. The largest absolute Gasteiger partial charge is 0.329 e. The molecule has 1 aromatic rings. The van der Waals surface area contributed by atoms with Crippen molar-refractivity contribution in [2.24, 2.45) is 5.73 Å². The molecule has 17 heavy (non-hydrogen) atoms. The van der Waals surface area contributed by atoms with Gasteiger partial charge in [0.15, 0.2) is 0 Å². The predicted octanol–water partition coefficient (Wildman–Crippen LogP) is 0.885. The highest BCUT2D eigenvalue weighted by atomic mass is 16.2. The summed E-state index contributed by atoms with van der Waals surface area (Å²) < 4.78 is 0. The average Bonchev–Trinajstić information content (AvgIpc) is 2.69. The first kappa shape index (κ1) is 11.9. The molecule has 0 aromatic carbocycles. The number of aromatic nitrogens is 1. The van der Waals surface area contributed by atoms with Crippen molar-refractivity contribution in [3.63, 3.8) is 0 Å². The third-order valence-electron chi connectivity index (χ3n) is 2.95. The number of hydrogen-bond donors (Lipinski definition) is 2. The molecule has 1 aliphatic rings. The zero-order valence-corrected chi connectivity index (χ0v) is 9.97. The smallest absolute Gasteiger partial charge is 0.318 e. The fourth-order valence-electron chi connectivity index (χ4n) is 1.93. The Kier molecular flexibility index (Phi) is 3.58. The van der Waals surface area contributed by atoms with E-state index in [1.54, 1.807) is 12.4 Å². The molecule has 1 saturated heterocycles. The number of urea groups is 1. The van der Waals surface area contributed by atoms with Gasteiger partial charge in [0, 0.05) is 31.5 Å². The van der Waals surface area contributed by atoms with E-state index in [1.807, 2.05) is 24.0 Å². The van der Waals surface area contributed by atoms with E-state index >= 15 is 0 Å².